The monoisotopic (exact) mass is 769 g/mol. The number of nitrogens with one attached hydrogen (secondary N) is 4. The van der Waals surface area contributed by atoms with Crippen LogP contribution in [0.15, 0.2) is 72.8 Å². The quantitative estimate of drug-likeness (QED) is 0.0843. The van der Waals surface area contributed by atoms with Gasteiger partial charge in [0.15, 0.2) is 6.61 Å². The van der Waals surface area contributed by atoms with Crippen molar-refractivity contribution in [3.05, 3.63) is 94.5 Å². The third kappa shape index (κ3) is 11.0. The summed E-state index contributed by atoms with van der Waals surface area (Å²) in [6.45, 7) is -1.74. The van der Waals surface area contributed by atoms with E-state index in [1.807, 2.05) is 12.1 Å². The van der Waals surface area contributed by atoms with Crippen molar-refractivity contribution < 1.29 is 46.6 Å². The molecule has 3 aromatic carbocycles. The van der Waals surface area contributed by atoms with E-state index in [1.54, 1.807) is 36.4 Å². The summed E-state index contributed by atoms with van der Waals surface area (Å²) in [5, 5.41) is 11.6. The Morgan fingerprint density at radius 1 is 0.889 bits per heavy atom. The van der Waals surface area contributed by atoms with Crippen LogP contribution in [-0.2, 0) is 31.1 Å². The summed E-state index contributed by atoms with van der Waals surface area (Å²) < 4.78 is 53.6. The lowest BCUT2D eigenvalue weighted by Gasteiger charge is -2.19. The molecule has 1 fully saturated rings. The Hall–Kier alpha value is -5.97. The number of rotatable bonds is 17. The van der Waals surface area contributed by atoms with E-state index in [4.69, 9.17) is 25.8 Å². The minimum absolute atomic E-state index is 0.0280. The van der Waals surface area contributed by atoms with Crippen LogP contribution >= 0.6 is 11.6 Å². The molecule has 284 valence electrons. The first-order chi connectivity index (χ1) is 25.8. The van der Waals surface area contributed by atoms with Gasteiger partial charge in [0.05, 0.1) is 19.8 Å². The molecule has 0 spiro atoms. The highest BCUT2D eigenvalue weighted by Gasteiger charge is 2.45. The Morgan fingerprint density at radius 2 is 1.56 bits per heavy atom. The van der Waals surface area contributed by atoms with Crippen LogP contribution in [0.1, 0.15) is 40.7 Å². The second kappa shape index (κ2) is 17.2. The van der Waals surface area contributed by atoms with Crippen molar-refractivity contribution in [2.75, 3.05) is 38.0 Å². The SMILES string of the molecule is COC(=O)[C@H](CCNC(=O)C(=O)Cc1ccc(OC)cc1)NC(=O)c1ccc(Nc2nc(NC3(c4ccc(Cl)cc4)CC3)nc(OCC(F)(F)F)n2)cc1. The molecule has 0 unspecified atom stereocenters. The average Bonchev–Trinajstić information content (AvgIpc) is 3.93. The molecule has 1 atom stereocenters. The number of esters is 1. The number of alkyl halides is 3. The lowest BCUT2D eigenvalue weighted by atomic mass is 10.1. The summed E-state index contributed by atoms with van der Waals surface area (Å²) >= 11 is 6.03. The molecule has 2 amide bonds. The van der Waals surface area contributed by atoms with E-state index in [-0.39, 0.29) is 36.8 Å². The normalized spacial score (nSPS) is 13.5. The predicted octanol–water partition coefficient (Wildman–Crippen LogP) is 4.91. The number of methoxy groups -OCH3 is 2. The zero-order valence-electron chi connectivity index (χ0n) is 29.0. The largest absolute Gasteiger partial charge is 0.497 e. The van der Waals surface area contributed by atoms with Gasteiger partial charge in [-0.3, -0.25) is 14.4 Å². The standard InChI is InChI=1S/C36H35ClF3N7O7/c1-52-26-13-3-21(4-14-26)19-28(48)30(50)41-18-15-27(31(51)53-2)43-29(49)22-5-11-25(12-6-22)42-32-44-33(46-34(45-32)54-20-36(38,39)40)47-35(16-17-35)23-7-9-24(37)10-8-23/h3-14,27H,15-20H2,1-2H3,(H,41,50)(H,43,49)(H2,42,44,45,46,47)/t27-/m0/s1. The highest BCUT2D eigenvalue weighted by molar-refractivity contribution is 6.36. The lowest BCUT2D eigenvalue weighted by molar-refractivity contribution is -0.154. The predicted molar refractivity (Wildman–Crippen MR) is 190 cm³/mol. The number of halogens is 4. The lowest BCUT2D eigenvalue weighted by Crippen LogP contribution is -2.44. The maximum atomic E-state index is 13.1. The zero-order chi connectivity index (χ0) is 38.9. The highest BCUT2D eigenvalue weighted by atomic mass is 35.5. The molecule has 1 saturated carbocycles. The Bertz CT molecular complexity index is 1960. The van der Waals surface area contributed by atoms with Gasteiger partial charge in [0.2, 0.25) is 17.7 Å². The molecular weight excluding hydrogens is 735 g/mol. The first kappa shape index (κ1) is 39.2. The van der Waals surface area contributed by atoms with E-state index in [2.05, 4.69) is 36.2 Å². The van der Waals surface area contributed by atoms with Gasteiger partial charge < -0.3 is 35.5 Å². The van der Waals surface area contributed by atoms with Gasteiger partial charge in [0.1, 0.15) is 11.8 Å². The van der Waals surface area contributed by atoms with Crippen molar-refractivity contribution >= 4 is 52.8 Å². The third-order valence-corrected chi connectivity index (χ3v) is 8.42. The number of anilines is 3. The van der Waals surface area contributed by atoms with Crippen LogP contribution in [0.5, 0.6) is 11.8 Å². The second-order valence-electron chi connectivity index (χ2n) is 12.1. The maximum Gasteiger partial charge on any atom is 0.422 e. The average molecular weight is 770 g/mol. The minimum Gasteiger partial charge on any atom is -0.497 e. The summed E-state index contributed by atoms with van der Waals surface area (Å²) in [4.78, 5) is 62.6. The van der Waals surface area contributed by atoms with E-state index in [1.165, 1.54) is 31.4 Å². The number of ether oxygens (including phenoxy) is 3. The number of benzene rings is 3. The fourth-order valence-corrected chi connectivity index (χ4v) is 5.30. The second-order valence-corrected chi connectivity index (χ2v) is 12.6. The van der Waals surface area contributed by atoms with E-state index < -0.39 is 53.9 Å². The first-order valence-electron chi connectivity index (χ1n) is 16.5. The van der Waals surface area contributed by atoms with Gasteiger partial charge in [-0.1, -0.05) is 35.9 Å². The smallest absolute Gasteiger partial charge is 0.422 e. The van der Waals surface area contributed by atoms with Crippen LogP contribution in [0.3, 0.4) is 0 Å². The number of ketones is 1. The van der Waals surface area contributed by atoms with Crippen LogP contribution in [0.4, 0.5) is 30.8 Å². The summed E-state index contributed by atoms with van der Waals surface area (Å²) in [6.07, 6.45) is -3.43. The van der Waals surface area contributed by atoms with Gasteiger partial charge in [-0.15, -0.1) is 0 Å². The zero-order valence-corrected chi connectivity index (χ0v) is 29.7. The van der Waals surface area contributed by atoms with Crippen molar-refractivity contribution in [2.45, 2.75) is 43.4 Å². The summed E-state index contributed by atoms with van der Waals surface area (Å²) in [5.74, 6) is -2.51. The molecule has 5 rings (SSSR count). The van der Waals surface area contributed by atoms with E-state index in [0.717, 1.165) is 12.7 Å². The number of amides is 2. The van der Waals surface area contributed by atoms with Crippen molar-refractivity contribution in [3.63, 3.8) is 0 Å². The Balaban J connectivity index is 1.20. The van der Waals surface area contributed by atoms with E-state index in [0.29, 0.717) is 34.9 Å². The number of Topliss-reactive ketones (excluding diaryl/α,β-unsaturated/α-hetero) is 1. The molecule has 0 radical (unpaired) electrons. The molecule has 1 aliphatic rings. The van der Waals surface area contributed by atoms with Crippen molar-refractivity contribution in [1.29, 1.82) is 0 Å². The summed E-state index contributed by atoms with van der Waals surface area (Å²) in [7, 11) is 2.65. The van der Waals surface area contributed by atoms with Crippen molar-refractivity contribution in [3.8, 4) is 11.8 Å². The van der Waals surface area contributed by atoms with Crippen LogP contribution < -0.4 is 30.7 Å². The minimum atomic E-state index is -4.64. The number of hydrogen-bond acceptors (Lipinski definition) is 12. The summed E-state index contributed by atoms with van der Waals surface area (Å²) in [6, 6.07) is 17.9. The molecule has 0 bridgehead atoms. The van der Waals surface area contributed by atoms with E-state index >= 15 is 0 Å². The molecule has 0 saturated heterocycles. The molecule has 4 aromatic rings. The summed E-state index contributed by atoms with van der Waals surface area (Å²) in [5.41, 5.74) is 1.45. The van der Waals surface area contributed by atoms with Gasteiger partial charge in [0.25, 0.3) is 11.8 Å². The van der Waals surface area contributed by atoms with E-state index in [9.17, 15) is 32.3 Å². The molecule has 18 heteroatoms. The van der Waals surface area contributed by atoms with Gasteiger partial charge in [0, 0.05) is 29.2 Å². The van der Waals surface area contributed by atoms with Crippen LogP contribution in [-0.4, -0.2) is 78.1 Å². The van der Waals surface area contributed by atoms with Gasteiger partial charge in [-0.05, 0) is 78.9 Å². The highest BCUT2D eigenvalue weighted by Crippen LogP contribution is 2.48. The van der Waals surface area contributed by atoms with Crippen molar-refractivity contribution in [1.82, 2.24) is 25.6 Å². The molecule has 0 aliphatic heterocycles. The van der Waals surface area contributed by atoms with Crippen LogP contribution in [0.2, 0.25) is 5.02 Å². The third-order valence-electron chi connectivity index (χ3n) is 8.17. The maximum absolute atomic E-state index is 13.1. The van der Waals surface area contributed by atoms with Crippen LogP contribution in [0, 0.1) is 0 Å². The Labute approximate surface area is 312 Å². The van der Waals surface area contributed by atoms with Gasteiger partial charge in [-0.25, -0.2) is 4.79 Å². The first-order valence-corrected chi connectivity index (χ1v) is 16.8. The molecule has 54 heavy (non-hydrogen) atoms. The molecule has 1 heterocycles. The number of nitrogens with zero attached hydrogens (tertiary/aromatic N) is 3. The molecular formula is C36H35ClF3N7O7. The van der Waals surface area contributed by atoms with Gasteiger partial charge >= 0.3 is 18.2 Å². The van der Waals surface area contributed by atoms with Gasteiger partial charge in [-0.2, -0.15) is 28.1 Å². The number of carbonyl (C=O) groups excluding carboxylic acids is 4. The fraction of sp³-hybridized carbons (Fsp3) is 0.306. The number of hydrogen-bond donors (Lipinski definition) is 4. The molecule has 1 aliphatic carbocycles. The van der Waals surface area contributed by atoms with Crippen LogP contribution in [0.25, 0.3) is 0 Å². The molecule has 1 aromatic heterocycles. The Kier molecular flexibility index (Phi) is 12.5. The number of aromatic nitrogens is 3. The van der Waals surface area contributed by atoms with Crippen molar-refractivity contribution in [2.24, 2.45) is 0 Å². The molecule has 4 N–H and O–H groups in total. The topological polar surface area (TPSA) is 183 Å². The number of carbonyl (C=O) groups is 4. The fourth-order valence-electron chi connectivity index (χ4n) is 5.18. The Morgan fingerprint density at radius 3 is 2.17 bits per heavy atom. The molecule has 14 nitrogen and oxygen atoms in total.